The summed E-state index contributed by atoms with van der Waals surface area (Å²) in [5, 5.41) is 30.2. The molecule has 0 spiro atoms. The first-order valence-corrected chi connectivity index (χ1v) is 15.5. The van der Waals surface area contributed by atoms with Crippen molar-refractivity contribution in [3.63, 3.8) is 0 Å². The molecule has 1 amide bonds. The highest BCUT2D eigenvalue weighted by Crippen LogP contribution is 2.48. The molecule has 3 heterocycles. The molecule has 2 fully saturated rings. The number of amides is 1. The maximum atomic E-state index is 13.9. The van der Waals surface area contributed by atoms with Crippen LogP contribution in [0, 0.1) is 5.92 Å². The van der Waals surface area contributed by atoms with Gasteiger partial charge in [0.05, 0.1) is 22.4 Å². The Balaban J connectivity index is 1.78. The van der Waals surface area contributed by atoms with Crippen LogP contribution in [0.5, 0.6) is 5.75 Å². The summed E-state index contributed by atoms with van der Waals surface area (Å²) in [6, 6.07) is 5.40. The van der Waals surface area contributed by atoms with Gasteiger partial charge in [-0.05, 0) is 66.5 Å². The molecule has 2 aliphatic heterocycles. The number of carbonyl (C=O) groups excluding carboxylic acids is 1. The van der Waals surface area contributed by atoms with E-state index in [1.54, 1.807) is 17.0 Å². The molecule has 0 atom stereocenters. The second kappa shape index (κ2) is 12.0. The average Bonchev–Trinajstić information content (AvgIpc) is 3.53. The zero-order valence-corrected chi connectivity index (χ0v) is 25.0. The second-order valence-electron chi connectivity index (χ2n) is 9.52. The molecule has 5 rings (SSSR count). The zero-order chi connectivity index (χ0) is 29.4. The number of ether oxygens (including phenoxy) is 1. The third-order valence-electron chi connectivity index (χ3n) is 6.94. The molecule has 1 aromatic carbocycles. The molecule has 3 aliphatic rings. The number of allylic oxidation sites excluding steroid dienone is 1. The number of aliphatic carboxylic acids is 2. The van der Waals surface area contributed by atoms with Crippen LogP contribution >= 0.6 is 47.1 Å². The molecule has 216 valence electrons. The van der Waals surface area contributed by atoms with Crippen LogP contribution < -0.4 is 24.4 Å². The molecular weight excluding hydrogens is 611 g/mol. The van der Waals surface area contributed by atoms with E-state index in [1.807, 2.05) is 12.1 Å². The van der Waals surface area contributed by atoms with Crippen molar-refractivity contribution in [1.82, 2.24) is 9.63 Å². The van der Waals surface area contributed by atoms with Crippen LogP contribution in [0.3, 0.4) is 0 Å². The summed E-state index contributed by atoms with van der Waals surface area (Å²) in [6.07, 6.45) is 6.37. The lowest BCUT2D eigenvalue weighted by Crippen LogP contribution is -2.36. The largest absolute Gasteiger partial charge is 0.497 e. The fourth-order valence-corrected chi connectivity index (χ4v) is 8.62. The number of carboxylic acid groups (broad SMARTS) is 2. The highest BCUT2D eigenvalue weighted by Gasteiger charge is 2.34. The summed E-state index contributed by atoms with van der Waals surface area (Å²) < 4.78 is 6.63. The number of hydroxylamine groups is 2. The van der Waals surface area contributed by atoms with Gasteiger partial charge in [-0.3, -0.25) is 29.0 Å². The van der Waals surface area contributed by atoms with Gasteiger partial charge in [0.15, 0.2) is 4.32 Å². The van der Waals surface area contributed by atoms with E-state index in [1.165, 1.54) is 18.9 Å². The molecule has 15 heteroatoms. The SMILES string of the molecule is COc1ccc2c(c1)N(CC(=O)O)/C(=C/C(=c1/s/c(=C3\SC(=S)N(O)C3=O)n(CC(=O)O)c1=O)C1CCCCC1)S2. The summed E-state index contributed by atoms with van der Waals surface area (Å²) in [5.74, 6) is -2.59. The number of hydrogen-bond acceptors (Lipinski definition) is 11. The van der Waals surface area contributed by atoms with E-state index in [-0.39, 0.29) is 30.9 Å². The van der Waals surface area contributed by atoms with E-state index in [2.05, 4.69) is 0 Å². The number of benzene rings is 1. The summed E-state index contributed by atoms with van der Waals surface area (Å²) in [7, 11) is 1.53. The minimum Gasteiger partial charge on any atom is -0.497 e. The van der Waals surface area contributed by atoms with E-state index >= 15 is 0 Å². The Kier molecular flexibility index (Phi) is 8.61. The highest BCUT2D eigenvalue weighted by atomic mass is 32.2. The summed E-state index contributed by atoms with van der Waals surface area (Å²) in [6.45, 7) is -0.997. The van der Waals surface area contributed by atoms with Crippen LogP contribution in [0.2, 0.25) is 0 Å². The lowest BCUT2D eigenvalue weighted by Gasteiger charge is -2.24. The lowest BCUT2D eigenvalue weighted by atomic mass is 9.84. The van der Waals surface area contributed by atoms with Crippen molar-refractivity contribution < 1.29 is 34.5 Å². The van der Waals surface area contributed by atoms with Gasteiger partial charge in [0.25, 0.3) is 11.5 Å². The summed E-state index contributed by atoms with van der Waals surface area (Å²) >= 11 is 8.20. The predicted molar refractivity (Wildman–Crippen MR) is 160 cm³/mol. The van der Waals surface area contributed by atoms with Crippen molar-refractivity contribution >= 4 is 85.4 Å². The summed E-state index contributed by atoms with van der Waals surface area (Å²) in [5.41, 5.74) is 0.767. The normalized spacial score (nSPS) is 20.6. The van der Waals surface area contributed by atoms with Crippen molar-refractivity contribution in [2.75, 3.05) is 18.6 Å². The predicted octanol–water partition coefficient (Wildman–Crippen LogP) is 2.63. The number of hydrogen-bond donors (Lipinski definition) is 3. The van der Waals surface area contributed by atoms with Gasteiger partial charge in [-0.25, -0.2) is 0 Å². The Hall–Kier alpha value is -3.11. The highest BCUT2D eigenvalue weighted by molar-refractivity contribution is 8.30. The molecule has 1 aliphatic carbocycles. The van der Waals surface area contributed by atoms with Crippen LogP contribution in [0.25, 0.3) is 10.5 Å². The van der Waals surface area contributed by atoms with Gasteiger partial charge >= 0.3 is 11.9 Å². The zero-order valence-electron chi connectivity index (χ0n) is 21.7. The molecule has 0 unspecified atom stereocenters. The van der Waals surface area contributed by atoms with E-state index in [4.69, 9.17) is 17.0 Å². The quantitative estimate of drug-likeness (QED) is 0.303. The molecule has 41 heavy (non-hydrogen) atoms. The minimum atomic E-state index is -1.27. The molecule has 1 aromatic heterocycles. The average molecular weight is 636 g/mol. The third kappa shape index (κ3) is 5.81. The second-order valence-corrected chi connectivity index (χ2v) is 13.2. The Labute approximate surface area is 251 Å². The molecule has 3 N–H and O–H groups in total. The van der Waals surface area contributed by atoms with Crippen molar-refractivity contribution in [3.8, 4) is 5.75 Å². The standard InChI is InChI=1S/C26H25N3O8S4/c1-37-14-7-8-17-16(9-14)27(11-19(30)31)18(39-17)10-15(13-5-3-2-4-6-13)21-23(34)28(12-20(32)33)25(40-21)22-24(35)29(36)26(38)41-22/h7-10,13,36H,2-6,11-12H2,1H3,(H,30,31)(H,32,33)/b18-10-,21-15-,25-22-. The maximum Gasteiger partial charge on any atom is 0.323 e. The van der Waals surface area contributed by atoms with Crippen LogP contribution in [0.4, 0.5) is 5.69 Å². The molecular formula is C26H25N3O8S4. The van der Waals surface area contributed by atoms with Gasteiger partial charge < -0.3 is 19.8 Å². The number of thiazole rings is 1. The molecule has 2 aromatic rings. The molecule has 11 nitrogen and oxygen atoms in total. The molecule has 1 saturated carbocycles. The van der Waals surface area contributed by atoms with Crippen LogP contribution in [0.1, 0.15) is 32.1 Å². The van der Waals surface area contributed by atoms with E-state index in [0.29, 0.717) is 27.1 Å². The number of rotatable bonds is 7. The van der Waals surface area contributed by atoms with Crippen molar-refractivity contribution in [2.24, 2.45) is 5.92 Å². The minimum absolute atomic E-state index is 0.0232. The first-order chi connectivity index (χ1) is 19.6. The molecule has 1 saturated heterocycles. The monoisotopic (exact) mass is 635 g/mol. The number of fused-ring (bicyclic) bond motifs is 1. The topological polar surface area (TPSA) is 150 Å². The number of thiocarbonyl (C=S) groups is 1. The van der Waals surface area contributed by atoms with Crippen molar-refractivity contribution in [3.05, 3.63) is 48.9 Å². The molecule has 0 radical (unpaired) electrons. The number of methoxy groups -OCH3 is 1. The fraction of sp³-hybridized carbons (Fsp3) is 0.346. The lowest BCUT2D eigenvalue weighted by molar-refractivity contribution is -0.140. The third-order valence-corrected chi connectivity index (χ3v) is 10.8. The number of carboxylic acids is 2. The Morgan fingerprint density at radius 2 is 1.80 bits per heavy atom. The van der Waals surface area contributed by atoms with E-state index in [9.17, 15) is 34.6 Å². The van der Waals surface area contributed by atoms with E-state index < -0.39 is 29.9 Å². The van der Waals surface area contributed by atoms with E-state index in [0.717, 1.165) is 64.7 Å². The van der Waals surface area contributed by atoms with Gasteiger partial charge in [0, 0.05) is 11.0 Å². The fourth-order valence-electron chi connectivity index (χ4n) is 5.06. The van der Waals surface area contributed by atoms with Gasteiger partial charge in [0.2, 0.25) is 0 Å². The van der Waals surface area contributed by atoms with Crippen LogP contribution in [0.15, 0.2) is 39.0 Å². The van der Waals surface area contributed by atoms with Crippen molar-refractivity contribution in [1.29, 1.82) is 0 Å². The summed E-state index contributed by atoms with van der Waals surface area (Å²) in [4.78, 5) is 52.7. The number of nitrogens with zero attached hydrogens (tertiary/aromatic N) is 3. The Morgan fingerprint density at radius 1 is 1.10 bits per heavy atom. The number of carbonyl (C=O) groups is 3. The maximum absolute atomic E-state index is 13.9. The van der Waals surface area contributed by atoms with Gasteiger partial charge in [0.1, 0.15) is 28.4 Å². The molecule has 0 bridgehead atoms. The Morgan fingerprint density at radius 3 is 2.41 bits per heavy atom. The number of aromatic nitrogens is 1. The first-order valence-electron chi connectivity index (χ1n) is 12.6. The van der Waals surface area contributed by atoms with Gasteiger partial charge in [-0.1, -0.05) is 31.0 Å². The van der Waals surface area contributed by atoms with Crippen LogP contribution in [-0.4, -0.2) is 60.9 Å². The smallest absolute Gasteiger partial charge is 0.323 e. The van der Waals surface area contributed by atoms with Gasteiger partial charge in [-0.15, -0.1) is 11.3 Å². The number of anilines is 1. The van der Waals surface area contributed by atoms with Gasteiger partial charge in [-0.2, -0.15) is 5.06 Å². The van der Waals surface area contributed by atoms with Crippen LogP contribution in [-0.2, 0) is 20.9 Å². The number of thioether (sulfide) groups is 2. The first kappa shape index (κ1) is 29.4. The Bertz CT molecular complexity index is 1670. The van der Waals surface area contributed by atoms with Crippen molar-refractivity contribution in [2.45, 2.75) is 43.5 Å².